The predicted molar refractivity (Wildman–Crippen MR) is 95.1 cm³/mol. The summed E-state index contributed by atoms with van der Waals surface area (Å²) >= 11 is 0. The molecule has 3 rings (SSSR count). The molecule has 2 fully saturated rings. The Hall–Kier alpha value is -1.60. The number of guanidine groups is 1. The van der Waals surface area contributed by atoms with Crippen molar-refractivity contribution in [3.8, 4) is 0 Å². The fourth-order valence-electron chi connectivity index (χ4n) is 3.58. The second-order valence-electron chi connectivity index (χ2n) is 6.88. The summed E-state index contributed by atoms with van der Waals surface area (Å²) in [5.41, 5.74) is 1.50. The van der Waals surface area contributed by atoms with Gasteiger partial charge in [0.1, 0.15) is 0 Å². The van der Waals surface area contributed by atoms with E-state index in [1.165, 1.54) is 37.8 Å². The maximum atomic E-state index is 11.3. The van der Waals surface area contributed by atoms with Gasteiger partial charge in [-0.3, -0.25) is 0 Å². The number of primary sulfonamides is 1. The molecular weight excluding hydrogens is 324 g/mol. The van der Waals surface area contributed by atoms with Crippen molar-refractivity contribution in [3.63, 3.8) is 0 Å². The van der Waals surface area contributed by atoms with Crippen LogP contribution in [0.4, 0.5) is 0 Å². The number of likely N-dealkylation sites (tertiary alicyclic amines) is 1. The van der Waals surface area contributed by atoms with Crippen molar-refractivity contribution in [3.05, 3.63) is 29.8 Å². The molecular formula is C17H26N4O2S. The Morgan fingerprint density at radius 1 is 1.29 bits per heavy atom. The van der Waals surface area contributed by atoms with Crippen LogP contribution < -0.4 is 10.5 Å². The van der Waals surface area contributed by atoms with E-state index in [1.54, 1.807) is 12.1 Å². The zero-order valence-corrected chi connectivity index (χ0v) is 15.0. The number of nitrogens with two attached hydrogens (primary N) is 1. The molecule has 6 nitrogen and oxygen atoms in total. The molecule has 1 aromatic rings. The molecule has 3 N–H and O–H groups in total. The molecule has 1 aliphatic heterocycles. The Balaban J connectivity index is 1.68. The fraction of sp³-hybridized carbons (Fsp3) is 0.588. The van der Waals surface area contributed by atoms with E-state index >= 15 is 0 Å². The van der Waals surface area contributed by atoms with Crippen LogP contribution in [0.3, 0.4) is 0 Å². The standard InChI is InChI=1S/C17H26N4O2S/c1-2-19-16(21-11-10-17(13-21)8-3-9-17)20-12-14-4-6-15(7-5-14)24(18,22)23/h4-7H,2-3,8-13H2,1H3,(H,19,20)(H2,18,22,23). The average molecular weight is 350 g/mol. The van der Waals surface area contributed by atoms with Gasteiger partial charge in [-0.05, 0) is 49.3 Å². The van der Waals surface area contributed by atoms with E-state index in [9.17, 15) is 8.42 Å². The molecule has 0 bridgehead atoms. The van der Waals surface area contributed by atoms with Crippen LogP contribution in [0.25, 0.3) is 0 Å². The van der Waals surface area contributed by atoms with Crippen molar-refractivity contribution in [2.24, 2.45) is 15.5 Å². The second-order valence-corrected chi connectivity index (χ2v) is 8.45. The van der Waals surface area contributed by atoms with E-state index in [1.807, 2.05) is 0 Å². The summed E-state index contributed by atoms with van der Waals surface area (Å²) in [5, 5.41) is 8.50. The molecule has 0 unspecified atom stereocenters. The summed E-state index contributed by atoms with van der Waals surface area (Å²) in [6.45, 7) is 5.61. The molecule has 1 aliphatic carbocycles. The van der Waals surface area contributed by atoms with E-state index < -0.39 is 10.0 Å². The van der Waals surface area contributed by atoms with Crippen molar-refractivity contribution in [1.82, 2.24) is 10.2 Å². The van der Waals surface area contributed by atoms with Crippen molar-refractivity contribution >= 4 is 16.0 Å². The topological polar surface area (TPSA) is 87.8 Å². The average Bonchev–Trinajstić information content (AvgIpc) is 2.97. The van der Waals surface area contributed by atoms with E-state index in [0.717, 1.165) is 31.2 Å². The summed E-state index contributed by atoms with van der Waals surface area (Å²) in [4.78, 5) is 7.23. The molecule has 1 saturated carbocycles. The number of rotatable bonds is 4. The van der Waals surface area contributed by atoms with Gasteiger partial charge in [0.25, 0.3) is 0 Å². The van der Waals surface area contributed by atoms with Gasteiger partial charge in [-0.2, -0.15) is 0 Å². The highest BCUT2D eigenvalue weighted by Gasteiger charge is 2.43. The summed E-state index contributed by atoms with van der Waals surface area (Å²) < 4.78 is 22.6. The lowest BCUT2D eigenvalue weighted by atomic mass is 9.68. The van der Waals surface area contributed by atoms with Gasteiger partial charge in [0.05, 0.1) is 11.4 Å². The van der Waals surface area contributed by atoms with Gasteiger partial charge < -0.3 is 10.2 Å². The molecule has 1 heterocycles. The van der Waals surface area contributed by atoms with Crippen LogP contribution in [0, 0.1) is 5.41 Å². The lowest BCUT2D eigenvalue weighted by Crippen LogP contribution is -2.42. The lowest BCUT2D eigenvalue weighted by Gasteiger charge is -2.38. The minimum absolute atomic E-state index is 0.133. The van der Waals surface area contributed by atoms with Crippen LogP contribution >= 0.6 is 0 Å². The van der Waals surface area contributed by atoms with Crippen LogP contribution in [-0.2, 0) is 16.6 Å². The summed E-state index contributed by atoms with van der Waals surface area (Å²) in [5.74, 6) is 0.955. The molecule has 0 aromatic heterocycles. The SMILES string of the molecule is CCNC(=NCc1ccc(S(N)(=O)=O)cc1)N1CCC2(CCC2)C1. The number of hydrogen-bond acceptors (Lipinski definition) is 3. The van der Waals surface area contributed by atoms with Crippen LogP contribution in [0.5, 0.6) is 0 Å². The number of benzene rings is 1. The molecule has 1 spiro atoms. The van der Waals surface area contributed by atoms with E-state index in [-0.39, 0.29) is 4.90 Å². The van der Waals surface area contributed by atoms with Crippen LogP contribution in [0.2, 0.25) is 0 Å². The van der Waals surface area contributed by atoms with E-state index in [2.05, 4.69) is 17.1 Å². The minimum atomic E-state index is -3.64. The third-order valence-corrected chi connectivity index (χ3v) is 6.08. The largest absolute Gasteiger partial charge is 0.357 e. The summed E-state index contributed by atoms with van der Waals surface area (Å²) in [6, 6.07) is 6.60. The number of nitrogens with zero attached hydrogens (tertiary/aromatic N) is 2. The third-order valence-electron chi connectivity index (χ3n) is 5.15. The van der Waals surface area contributed by atoms with Crippen LogP contribution in [-0.4, -0.2) is 38.9 Å². The quantitative estimate of drug-likeness (QED) is 0.639. The smallest absolute Gasteiger partial charge is 0.238 e. The maximum absolute atomic E-state index is 11.3. The van der Waals surface area contributed by atoms with Crippen LogP contribution in [0.1, 0.15) is 38.2 Å². The second kappa shape index (κ2) is 6.72. The third kappa shape index (κ3) is 3.72. The number of nitrogens with one attached hydrogen (secondary N) is 1. The highest BCUT2D eigenvalue weighted by molar-refractivity contribution is 7.89. The highest BCUT2D eigenvalue weighted by Crippen LogP contribution is 2.47. The maximum Gasteiger partial charge on any atom is 0.238 e. The van der Waals surface area contributed by atoms with Gasteiger partial charge in [-0.1, -0.05) is 18.6 Å². The van der Waals surface area contributed by atoms with Gasteiger partial charge in [-0.15, -0.1) is 0 Å². The highest BCUT2D eigenvalue weighted by atomic mass is 32.2. The molecule has 1 saturated heterocycles. The van der Waals surface area contributed by atoms with Crippen molar-refractivity contribution in [2.45, 2.75) is 44.0 Å². The van der Waals surface area contributed by atoms with E-state index in [0.29, 0.717) is 12.0 Å². The summed E-state index contributed by atoms with van der Waals surface area (Å²) in [7, 11) is -3.64. The molecule has 24 heavy (non-hydrogen) atoms. The lowest BCUT2D eigenvalue weighted by molar-refractivity contribution is 0.151. The molecule has 0 atom stereocenters. The van der Waals surface area contributed by atoms with Crippen molar-refractivity contribution in [1.29, 1.82) is 0 Å². The zero-order chi connectivity index (χ0) is 17.2. The first-order valence-corrected chi connectivity index (χ1v) is 10.1. The first-order valence-electron chi connectivity index (χ1n) is 8.57. The van der Waals surface area contributed by atoms with Crippen LogP contribution in [0.15, 0.2) is 34.2 Å². The number of aliphatic imine (C=N–C) groups is 1. The van der Waals surface area contributed by atoms with Gasteiger partial charge >= 0.3 is 0 Å². The monoisotopic (exact) mass is 350 g/mol. The molecule has 1 aromatic carbocycles. The van der Waals surface area contributed by atoms with Gasteiger partial charge in [-0.25, -0.2) is 18.5 Å². The normalized spacial score (nSPS) is 20.2. The Labute approximate surface area is 144 Å². The Morgan fingerprint density at radius 2 is 2.00 bits per heavy atom. The molecule has 0 amide bonds. The molecule has 0 radical (unpaired) electrons. The first kappa shape index (κ1) is 17.2. The molecule has 7 heteroatoms. The van der Waals surface area contributed by atoms with Crippen molar-refractivity contribution in [2.75, 3.05) is 19.6 Å². The number of sulfonamides is 1. The van der Waals surface area contributed by atoms with E-state index in [4.69, 9.17) is 10.1 Å². The molecule has 2 aliphatic rings. The Morgan fingerprint density at radius 3 is 2.50 bits per heavy atom. The van der Waals surface area contributed by atoms with Gasteiger partial charge in [0, 0.05) is 19.6 Å². The number of hydrogen-bond donors (Lipinski definition) is 2. The Bertz CT molecular complexity index is 709. The zero-order valence-electron chi connectivity index (χ0n) is 14.2. The fourth-order valence-corrected chi connectivity index (χ4v) is 4.09. The Kier molecular flexibility index (Phi) is 4.83. The van der Waals surface area contributed by atoms with Gasteiger partial charge in [0.15, 0.2) is 5.96 Å². The predicted octanol–water partition coefficient (Wildman–Crippen LogP) is 1.68. The first-order chi connectivity index (χ1) is 11.4. The molecule has 132 valence electrons. The van der Waals surface area contributed by atoms with Crippen molar-refractivity contribution < 1.29 is 8.42 Å². The summed E-state index contributed by atoms with van der Waals surface area (Å²) in [6.07, 6.45) is 5.31. The van der Waals surface area contributed by atoms with Gasteiger partial charge in [0.2, 0.25) is 10.0 Å². The minimum Gasteiger partial charge on any atom is -0.357 e.